The number of rotatable bonds is 7. The maximum atomic E-state index is 12.8. The van der Waals surface area contributed by atoms with Crippen LogP contribution in [0.4, 0.5) is 11.4 Å². The first-order valence-electron chi connectivity index (χ1n) is 7.41. The molecule has 23 heavy (non-hydrogen) atoms. The number of nitro benzene ring substituents is 1. The summed E-state index contributed by atoms with van der Waals surface area (Å²) in [6, 6.07) is 3.85. The first-order chi connectivity index (χ1) is 10.9. The molecule has 0 radical (unpaired) electrons. The van der Waals surface area contributed by atoms with Crippen LogP contribution in [-0.2, 0) is 14.8 Å². The van der Waals surface area contributed by atoms with Gasteiger partial charge in [0.25, 0.3) is 5.69 Å². The van der Waals surface area contributed by atoms with Gasteiger partial charge in [-0.1, -0.05) is 0 Å². The maximum Gasteiger partial charge on any atom is 0.270 e. The normalized spacial score (nSPS) is 17.1. The SMILES string of the molecule is COC(C)CNc1ccc([N+](=O)[O-])cc1S(=O)(=O)N1CCCC1. The average Bonchev–Trinajstić information content (AvgIpc) is 3.07. The van der Waals surface area contributed by atoms with Crippen LogP contribution in [0.3, 0.4) is 0 Å². The van der Waals surface area contributed by atoms with E-state index in [1.165, 1.54) is 16.4 Å². The minimum absolute atomic E-state index is 0.0584. The highest BCUT2D eigenvalue weighted by atomic mass is 32.2. The van der Waals surface area contributed by atoms with Crippen molar-refractivity contribution >= 4 is 21.4 Å². The third-order valence-corrected chi connectivity index (χ3v) is 5.78. The number of ether oxygens (including phenoxy) is 1. The number of hydrogen-bond donors (Lipinski definition) is 1. The fraction of sp³-hybridized carbons (Fsp3) is 0.571. The fourth-order valence-corrected chi connectivity index (χ4v) is 4.09. The van der Waals surface area contributed by atoms with Gasteiger partial charge in [0, 0.05) is 38.9 Å². The molecule has 1 heterocycles. The Balaban J connectivity index is 2.40. The van der Waals surface area contributed by atoms with Gasteiger partial charge in [0.15, 0.2) is 0 Å². The quantitative estimate of drug-likeness (QED) is 0.598. The van der Waals surface area contributed by atoms with Crippen molar-refractivity contribution in [3.63, 3.8) is 0 Å². The Morgan fingerprint density at radius 1 is 1.39 bits per heavy atom. The van der Waals surface area contributed by atoms with Crippen LogP contribution in [-0.4, -0.2) is 50.5 Å². The second-order valence-electron chi connectivity index (χ2n) is 5.48. The Labute approximate surface area is 135 Å². The monoisotopic (exact) mass is 343 g/mol. The van der Waals surface area contributed by atoms with Gasteiger partial charge in [0.1, 0.15) is 4.90 Å². The van der Waals surface area contributed by atoms with Gasteiger partial charge in [-0.25, -0.2) is 8.42 Å². The molecule has 1 fully saturated rings. The molecule has 1 atom stereocenters. The van der Waals surface area contributed by atoms with E-state index in [9.17, 15) is 18.5 Å². The molecule has 1 unspecified atom stereocenters. The molecule has 128 valence electrons. The van der Waals surface area contributed by atoms with E-state index in [-0.39, 0.29) is 16.7 Å². The molecule has 0 aromatic heterocycles. The average molecular weight is 343 g/mol. The van der Waals surface area contributed by atoms with Crippen LogP contribution in [0.5, 0.6) is 0 Å². The smallest absolute Gasteiger partial charge is 0.270 e. The molecule has 2 rings (SSSR count). The Bertz CT molecular complexity index is 671. The van der Waals surface area contributed by atoms with Crippen molar-refractivity contribution in [3.8, 4) is 0 Å². The van der Waals surface area contributed by atoms with Crippen molar-refractivity contribution in [2.24, 2.45) is 0 Å². The van der Waals surface area contributed by atoms with Crippen LogP contribution in [0.15, 0.2) is 23.1 Å². The van der Waals surface area contributed by atoms with E-state index in [1.54, 1.807) is 7.11 Å². The molecule has 8 nitrogen and oxygen atoms in total. The summed E-state index contributed by atoms with van der Waals surface area (Å²) in [6.07, 6.45) is 1.49. The van der Waals surface area contributed by atoms with Crippen LogP contribution < -0.4 is 5.32 Å². The minimum Gasteiger partial charge on any atom is -0.381 e. The van der Waals surface area contributed by atoms with Crippen LogP contribution in [0.25, 0.3) is 0 Å². The van der Waals surface area contributed by atoms with Gasteiger partial charge >= 0.3 is 0 Å². The van der Waals surface area contributed by atoms with Gasteiger partial charge in [0.05, 0.1) is 16.7 Å². The summed E-state index contributed by atoms with van der Waals surface area (Å²) in [5.41, 5.74) is 0.111. The molecule has 0 bridgehead atoms. The zero-order valence-corrected chi connectivity index (χ0v) is 14.0. The topological polar surface area (TPSA) is 102 Å². The lowest BCUT2D eigenvalue weighted by Crippen LogP contribution is -2.29. The summed E-state index contributed by atoms with van der Waals surface area (Å²) >= 11 is 0. The molecular weight excluding hydrogens is 322 g/mol. The van der Waals surface area contributed by atoms with Gasteiger partial charge in [-0.3, -0.25) is 10.1 Å². The third kappa shape index (κ3) is 3.98. The zero-order chi connectivity index (χ0) is 17.0. The number of benzene rings is 1. The molecule has 1 N–H and O–H groups in total. The molecule has 9 heteroatoms. The van der Waals surface area contributed by atoms with Crippen LogP contribution in [0.1, 0.15) is 19.8 Å². The van der Waals surface area contributed by atoms with E-state index >= 15 is 0 Å². The number of nitro groups is 1. The van der Waals surface area contributed by atoms with Gasteiger partial charge < -0.3 is 10.1 Å². The fourth-order valence-electron chi connectivity index (χ4n) is 2.39. The molecule has 0 saturated carbocycles. The molecule has 1 aliphatic rings. The number of methoxy groups -OCH3 is 1. The minimum atomic E-state index is -3.75. The summed E-state index contributed by atoms with van der Waals surface area (Å²) in [7, 11) is -2.19. The van der Waals surface area contributed by atoms with Crippen molar-refractivity contribution in [1.82, 2.24) is 4.31 Å². The lowest BCUT2D eigenvalue weighted by Gasteiger charge is -2.19. The first kappa shape index (κ1) is 17.6. The van der Waals surface area contributed by atoms with E-state index < -0.39 is 14.9 Å². The van der Waals surface area contributed by atoms with E-state index in [2.05, 4.69) is 5.32 Å². The third-order valence-electron chi connectivity index (χ3n) is 3.84. The van der Waals surface area contributed by atoms with Crippen molar-refractivity contribution in [3.05, 3.63) is 28.3 Å². The Morgan fingerprint density at radius 3 is 2.61 bits per heavy atom. The van der Waals surface area contributed by atoms with E-state index in [1.807, 2.05) is 6.92 Å². The predicted molar refractivity (Wildman–Crippen MR) is 86.0 cm³/mol. The van der Waals surface area contributed by atoms with E-state index in [0.717, 1.165) is 18.9 Å². The van der Waals surface area contributed by atoms with E-state index in [4.69, 9.17) is 4.74 Å². The van der Waals surface area contributed by atoms with Crippen molar-refractivity contribution in [2.45, 2.75) is 30.8 Å². The van der Waals surface area contributed by atoms with Gasteiger partial charge in [-0.05, 0) is 25.8 Å². The number of sulfonamides is 1. The van der Waals surface area contributed by atoms with Crippen LogP contribution in [0.2, 0.25) is 0 Å². The lowest BCUT2D eigenvalue weighted by atomic mass is 10.2. The molecule has 1 aromatic carbocycles. The number of nitrogens with zero attached hydrogens (tertiary/aromatic N) is 2. The number of anilines is 1. The van der Waals surface area contributed by atoms with Crippen molar-refractivity contribution in [1.29, 1.82) is 0 Å². The number of non-ortho nitro benzene ring substituents is 1. The van der Waals surface area contributed by atoms with Crippen LogP contribution in [0, 0.1) is 10.1 Å². The Morgan fingerprint density at radius 2 is 2.04 bits per heavy atom. The highest BCUT2D eigenvalue weighted by molar-refractivity contribution is 7.89. The molecule has 1 aromatic rings. The highest BCUT2D eigenvalue weighted by Crippen LogP contribution is 2.30. The number of hydrogen-bond acceptors (Lipinski definition) is 6. The predicted octanol–water partition coefficient (Wildman–Crippen LogP) is 1.83. The summed E-state index contributed by atoms with van der Waals surface area (Å²) in [6.45, 7) is 3.13. The lowest BCUT2D eigenvalue weighted by molar-refractivity contribution is -0.385. The van der Waals surface area contributed by atoms with Gasteiger partial charge in [-0.2, -0.15) is 4.31 Å². The summed E-state index contributed by atoms with van der Waals surface area (Å²) in [5, 5.41) is 14.0. The largest absolute Gasteiger partial charge is 0.381 e. The molecule has 1 aliphatic heterocycles. The van der Waals surface area contributed by atoms with E-state index in [0.29, 0.717) is 25.3 Å². The zero-order valence-electron chi connectivity index (χ0n) is 13.2. The summed E-state index contributed by atoms with van der Waals surface area (Å²) in [4.78, 5) is 10.3. The van der Waals surface area contributed by atoms with Gasteiger partial charge in [0.2, 0.25) is 10.0 Å². The summed E-state index contributed by atoms with van der Waals surface area (Å²) < 4.78 is 32.1. The highest BCUT2D eigenvalue weighted by Gasteiger charge is 2.31. The Hall–Kier alpha value is -1.71. The molecule has 0 aliphatic carbocycles. The molecule has 0 spiro atoms. The standard InChI is InChI=1S/C14H21N3O5S/c1-11(22-2)10-15-13-6-5-12(17(18)19)9-14(13)23(20,21)16-7-3-4-8-16/h5-6,9,11,15H,3-4,7-8,10H2,1-2H3. The second-order valence-corrected chi connectivity index (χ2v) is 7.38. The molecule has 1 saturated heterocycles. The second kappa shape index (κ2) is 7.24. The van der Waals surface area contributed by atoms with Crippen LogP contribution >= 0.6 is 0 Å². The number of nitrogens with one attached hydrogen (secondary N) is 1. The van der Waals surface area contributed by atoms with Crippen molar-refractivity contribution in [2.75, 3.05) is 32.1 Å². The Kier molecular flexibility index (Phi) is 5.55. The first-order valence-corrected chi connectivity index (χ1v) is 8.85. The molecular formula is C14H21N3O5S. The van der Waals surface area contributed by atoms with Crippen molar-refractivity contribution < 1.29 is 18.1 Å². The maximum absolute atomic E-state index is 12.8. The van der Waals surface area contributed by atoms with Gasteiger partial charge in [-0.15, -0.1) is 0 Å². The molecule has 0 amide bonds. The summed E-state index contributed by atoms with van der Waals surface area (Å²) in [5.74, 6) is 0.